The Morgan fingerprint density at radius 3 is 2.76 bits per heavy atom. The summed E-state index contributed by atoms with van der Waals surface area (Å²) >= 11 is 6.15. The summed E-state index contributed by atoms with van der Waals surface area (Å²) in [4.78, 5) is 28.1. The average molecular weight is 470 g/mol. The number of primary amides is 1. The second-order valence-corrected chi connectivity index (χ2v) is 8.48. The number of nitrogens with zero attached hydrogens (tertiary/aromatic N) is 2. The predicted octanol–water partition coefficient (Wildman–Crippen LogP) is 3.07. The van der Waals surface area contributed by atoms with Gasteiger partial charge in [-0.15, -0.1) is 0 Å². The van der Waals surface area contributed by atoms with E-state index in [1.54, 1.807) is 13.0 Å². The Bertz CT molecular complexity index is 1280. The van der Waals surface area contributed by atoms with Crippen molar-refractivity contribution >= 4 is 23.4 Å². The third-order valence-electron chi connectivity index (χ3n) is 5.92. The van der Waals surface area contributed by atoms with Gasteiger partial charge >= 0.3 is 0 Å². The summed E-state index contributed by atoms with van der Waals surface area (Å²) in [6.07, 6.45) is 0.456. The van der Waals surface area contributed by atoms with Crippen LogP contribution in [0, 0.1) is 18.7 Å². The fraction of sp³-hybridized carbons (Fsp3) is 0.261. The summed E-state index contributed by atoms with van der Waals surface area (Å²) in [5.74, 6) is -0.755. The number of nitrogens with two attached hydrogens (primary N) is 1. The zero-order chi connectivity index (χ0) is 23.3. The van der Waals surface area contributed by atoms with Crippen molar-refractivity contribution in [1.82, 2.24) is 15.5 Å². The van der Waals surface area contributed by atoms with E-state index >= 15 is 0 Å². The molecule has 5 rings (SSSR count). The van der Waals surface area contributed by atoms with E-state index in [2.05, 4.69) is 15.5 Å². The standard InChI is InChI=1S/C23H19ClFN4O4/c1-10-27-22(29-33-10)19-15(7-13(24)8-17(19)25)12-2-4-14-11(6-12)3-5-18(14)28-23(31)16-9-32-20(16)21(26)30/h2,4,6-8,18,20H,3,5,9H2,1H3,(H2,26,30)(H,28,31)/t18-,20?/m0/s1. The molecule has 2 aliphatic rings. The minimum absolute atomic E-state index is 0.0939. The smallest absolute Gasteiger partial charge is 0.247 e. The Kier molecular flexibility index (Phi) is 5.38. The van der Waals surface area contributed by atoms with Crippen molar-refractivity contribution in [3.8, 4) is 22.5 Å². The van der Waals surface area contributed by atoms with Gasteiger partial charge in [0.2, 0.25) is 23.5 Å². The Hall–Kier alpha value is -3.30. The Labute approximate surface area is 193 Å². The van der Waals surface area contributed by atoms with Crippen LogP contribution in [0.2, 0.25) is 5.02 Å². The van der Waals surface area contributed by atoms with Crippen molar-refractivity contribution in [3.05, 3.63) is 64.1 Å². The molecule has 33 heavy (non-hydrogen) atoms. The number of amides is 2. The van der Waals surface area contributed by atoms with Crippen LogP contribution in [-0.2, 0) is 20.7 Å². The molecule has 0 bridgehead atoms. The van der Waals surface area contributed by atoms with Gasteiger partial charge in [-0.2, -0.15) is 4.98 Å². The third kappa shape index (κ3) is 3.87. The number of hydrogen-bond donors (Lipinski definition) is 2. The molecule has 2 aromatic carbocycles. The molecule has 2 amide bonds. The Morgan fingerprint density at radius 1 is 1.27 bits per heavy atom. The fourth-order valence-corrected chi connectivity index (χ4v) is 4.51. The molecule has 0 spiro atoms. The molecule has 1 radical (unpaired) electrons. The van der Waals surface area contributed by atoms with Crippen molar-refractivity contribution < 1.29 is 23.2 Å². The first kappa shape index (κ1) is 21.5. The van der Waals surface area contributed by atoms with Crippen LogP contribution in [0.1, 0.15) is 29.5 Å². The molecule has 10 heteroatoms. The highest BCUT2D eigenvalue weighted by Gasteiger charge is 2.43. The largest absolute Gasteiger partial charge is 0.367 e. The van der Waals surface area contributed by atoms with Crippen LogP contribution in [0.4, 0.5) is 4.39 Å². The van der Waals surface area contributed by atoms with E-state index in [1.165, 1.54) is 6.07 Å². The van der Waals surface area contributed by atoms with Crippen LogP contribution in [-0.4, -0.2) is 34.7 Å². The van der Waals surface area contributed by atoms with E-state index in [1.807, 2.05) is 18.2 Å². The molecule has 1 aromatic heterocycles. The normalized spacial score (nSPS) is 19.7. The SMILES string of the molecule is Cc1nc(-c2c(F)cc(Cl)cc2-c2ccc3c(c2)CC[C@@H]3NC(=O)[C]2COC2C(N)=O)no1. The number of hydrogen-bond acceptors (Lipinski definition) is 6. The van der Waals surface area contributed by atoms with Crippen LogP contribution >= 0.6 is 11.6 Å². The van der Waals surface area contributed by atoms with Gasteiger partial charge in [0.15, 0.2) is 6.10 Å². The highest BCUT2D eigenvalue weighted by molar-refractivity contribution is 6.31. The lowest BCUT2D eigenvalue weighted by Crippen LogP contribution is -2.54. The van der Waals surface area contributed by atoms with Gasteiger partial charge in [-0.1, -0.05) is 35.0 Å². The molecule has 0 saturated carbocycles. The molecule has 3 N–H and O–H groups in total. The van der Waals surface area contributed by atoms with Crippen LogP contribution in [0.15, 0.2) is 34.9 Å². The number of rotatable bonds is 5. The van der Waals surface area contributed by atoms with Crippen LogP contribution in [0.25, 0.3) is 22.5 Å². The maximum atomic E-state index is 14.9. The molecule has 1 unspecified atom stereocenters. The fourth-order valence-electron chi connectivity index (χ4n) is 4.30. The number of fused-ring (bicyclic) bond motifs is 1. The summed E-state index contributed by atoms with van der Waals surface area (Å²) in [5, 5.41) is 7.08. The van der Waals surface area contributed by atoms with Gasteiger partial charge in [0.25, 0.3) is 0 Å². The second-order valence-electron chi connectivity index (χ2n) is 8.04. The molecule has 1 aliphatic heterocycles. The molecule has 8 nitrogen and oxygen atoms in total. The number of benzene rings is 2. The van der Waals surface area contributed by atoms with E-state index in [0.717, 1.165) is 23.1 Å². The monoisotopic (exact) mass is 469 g/mol. The van der Waals surface area contributed by atoms with E-state index in [4.69, 9.17) is 26.6 Å². The van der Waals surface area contributed by atoms with Crippen molar-refractivity contribution in [3.63, 3.8) is 0 Å². The zero-order valence-electron chi connectivity index (χ0n) is 17.5. The number of ether oxygens (including phenoxy) is 1. The summed E-state index contributed by atoms with van der Waals surface area (Å²) in [5.41, 5.74) is 8.72. The summed E-state index contributed by atoms with van der Waals surface area (Å²) < 4.78 is 25.0. The van der Waals surface area contributed by atoms with Gasteiger partial charge < -0.3 is 20.3 Å². The topological polar surface area (TPSA) is 120 Å². The van der Waals surface area contributed by atoms with Crippen LogP contribution in [0.5, 0.6) is 0 Å². The Balaban J connectivity index is 1.44. The van der Waals surface area contributed by atoms with E-state index in [9.17, 15) is 14.0 Å². The number of nitrogens with one attached hydrogen (secondary N) is 1. The summed E-state index contributed by atoms with van der Waals surface area (Å²) in [7, 11) is 0. The van der Waals surface area contributed by atoms with E-state index in [-0.39, 0.29) is 35.0 Å². The van der Waals surface area contributed by atoms with Gasteiger partial charge in [0.05, 0.1) is 18.2 Å². The molecule has 3 aromatic rings. The van der Waals surface area contributed by atoms with Crippen molar-refractivity contribution in [1.29, 1.82) is 0 Å². The molecule has 169 valence electrons. The summed E-state index contributed by atoms with van der Waals surface area (Å²) in [6.45, 7) is 1.73. The number of carbonyl (C=O) groups excluding carboxylic acids is 2. The van der Waals surface area contributed by atoms with E-state index < -0.39 is 17.8 Å². The summed E-state index contributed by atoms with van der Waals surface area (Å²) in [6, 6.07) is 8.37. The lowest BCUT2D eigenvalue weighted by molar-refractivity contribution is -0.144. The van der Waals surface area contributed by atoms with Gasteiger partial charge in [-0.3, -0.25) is 9.59 Å². The van der Waals surface area contributed by atoms with Gasteiger partial charge in [0, 0.05) is 11.9 Å². The Morgan fingerprint density at radius 2 is 2.09 bits per heavy atom. The first-order chi connectivity index (χ1) is 15.8. The van der Waals surface area contributed by atoms with Gasteiger partial charge in [-0.25, -0.2) is 4.39 Å². The minimum atomic E-state index is -0.960. The molecular formula is C23H19ClFN4O4. The minimum Gasteiger partial charge on any atom is -0.367 e. The highest BCUT2D eigenvalue weighted by atomic mass is 35.5. The zero-order valence-corrected chi connectivity index (χ0v) is 18.3. The van der Waals surface area contributed by atoms with Crippen molar-refractivity contribution in [2.24, 2.45) is 5.73 Å². The lowest BCUT2D eigenvalue weighted by Gasteiger charge is -2.33. The quantitative estimate of drug-likeness (QED) is 0.592. The molecule has 1 saturated heterocycles. The lowest BCUT2D eigenvalue weighted by atomic mass is 9.94. The van der Waals surface area contributed by atoms with Crippen molar-refractivity contribution in [2.45, 2.75) is 31.9 Å². The van der Waals surface area contributed by atoms with Gasteiger partial charge in [0.1, 0.15) is 11.7 Å². The second kappa shape index (κ2) is 8.24. The number of aryl methyl sites for hydroxylation is 2. The predicted molar refractivity (Wildman–Crippen MR) is 116 cm³/mol. The maximum absolute atomic E-state index is 14.9. The van der Waals surface area contributed by atoms with Gasteiger partial charge in [-0.05, 0) is 47.2 Å². The molecule has 1 fully saturated rings. The number of aromatic nitrogens is 2. The number of carbonyl (C=O) groups is 2. The maximum Gasteiger partial charge on any atom is 0.247 e. The van der Waals surface area contributed by atoms with Crippen molar-refractivity contribution in [2.75, 3.05) is 6.61 Å². The third-order valence-corrected chi connectivity index (χ3v) is 6.13. The van der Waals surface area contributed by atoms with Crippen LogP contribution < -0.4 is 11.1 Å². The molecule has 2 atom stereocenters. The first-order valence-corrected chi connectivity index (χ1v) is 10.7. The highest BCUT2D eigenvalue weighted by Crippen LogP contribution is 2.39. The molecule has 1 aliphatic carbocycles. The molecule has 2 heterocycles. The number of halogens is 2. The van der Waals surface area contributed by atoms with E-state index in [0.29, 0.717) is 23.8 Å². The van der Waals surface area contributed by atoms with Crippen LogP contribution in [0.3, 0.4) is 0 Å². The first-order valence-electron chi connectivity index (χ1n) is 10.3. The molecular weight excluding hydrogens is 451 g/mol. The average Bonchev–Trinajstić information content (AvgIpc) is 3.32.